The van der Waals surface area contributed by atoms with Gasteiger partial charge in [0.05, 0.1) is 19.8 Å². The second kappa shape index (κ2) is 9.66. The molecule has 1 aliphatic heterocycles. The summed E-state index contributed by atoms with van der Waals surface area (Å²) in [5, 5.41) is 13.5. The van der Waals surface area contributed by atoms with Crippen LogP contribution in [0.15, 0.2) is 48.5 Å². The van der Waals surface area contributed by atoms with E-state index in [-0.39, 0.29) is 18.4 Å². The Hall–Kier alpha value is -2.45. The second-order valence-electron chi connectivity index (χ2n) is 6.81. The lowest BCUT2D eigenvalue weighted by atomic mass is 9.97. The molecule has 0 spiro atoms. The van der Waals surface area contributed by atoms with Crippen LogP contribution < -0.4 is 20.9 Å². The van der Waals surface area contributed by atoms with Crippen LogP contribution in [-0.4, -0.2) is 51.0 Å². The number of aliphatic hydroxyl groups excluding tert-OH is 1. The third kappa shape index (κ3) is 4.69. The van der Waals surface area contributed by atoms with Crippen LogP contribution in [0.1, 0.15) is 33.5 Å². The molecule has 28 heavy (non-hydrogen) atoms. The van der Waals surface area contributed by atoms with Crippen LogP contribution in [-0.2, 0) is 4.74 Å². The molecule has 4 N–H and O–H groups in total. The van der Waals surface area contributed by atoms with Crippen molar-refractivity contribution >= 4 is 5.91 Å². The van der Waals surface area contributed by atoms with E-state index >= 15 is 0 Å². The molecule has 2 aromatic carbocycles. The molecule has 0 aliphatic carbocycles. The number of hydrogen-bond donors (Lipinski definition) is 4. The van der Waals surface area contributed by atoms with E-state index in [1.165, 1.54) is 0 Å². The second-order valence-corrected chi connectivity index (χ2v) is 6.81. The quantitative estimate of drug-likeness (QED) is 0.549. The van der Waals surface area contributed by atoms with Gasteiger partial charge in [-0.25, -0.2) is 0 Å². The highest BCUT2D eigenvalue weighted by molar-refractivity contribution is 5.95. The van der Waals surface area contributed by atoms with E-state index in [0.29, 0.717) is 11.3 Å². The Morgan fingerprint density at radius 1 is 1.18 bits per heavy atom. The predicted molar refractivity (Wildman–Crippen MR) is 106 cm³/mol. The third-order valence-corrected chi connectivity index (χ3v) is 4.94. The summed E-state index contributed by atoms with van der Waals surface area (Å²) in [4.78, 5) is 12.8. The van der Waals surface area contributed by atoms with Gasteiger partial charge in [0.15, 0.2) is 0 Å². The van der Waals surface area contributed by atoms with Crippen LogP contribution in [0.3, 0.4) is 0 Å². The number of ether oxygens (including phenoxy) is 2. The van der Waals surface area contributed by atoms with Gasteiger partial charge in [0.1, 0.15) is 11.9 Å². The van der Waals surface area contributed by atoms with Gasteiger partial charge in [-0.15, -0.1) is 0 Å². The van der Waals surface area contributed by atoms with E-state index in [1.54, 1.807) is 26.4 Å². The Balaban J connectivity index is 1.76. The normalized spacial score (nSPS) is 16.5. The summed E-state index contributed by atoms with van der Waals surface area (Å²) in [7, 11) is 3.14. The van der Waals surface area contributed by atoms with Crippen molar-refractivity contribution in [2.24, 2.45) is 0 Å². The van der Waals surface area contributed by atoms with Crippen molar-refractivity contribution in [3.05, 3.63) is 65.2 Å². The van der Waals surface area contributed by atoms with Crippen LogP contribution in [0.25, 0.3) is 0 Å². The number of rotatable bonds is 8. The van der Waals surface area contributed by atoms with Crippen molar-refractivity contribution in [3.8, 4) is 5.75 Å². The number of methoxy groups -OCH3 is 2. The smallest absolute Gasteiger partial charge is 0.251 e. The highest BCUT2D eigenvalue weighted by Crippen LogP contribution is 2.28. The van der Waals surface area contributed by atoms with Crippen LogP contribution in [0.5, 0.6) is 5.75 Å². The number of benzene rings is 2. The molecule has 1 amide bonds. The van der Waals surface area contributed by atoms with Gasteiger partial charge >= 0.3 is 0 Å². The number of carbonyl (C=O) groups is 1. The molecule has 0 aromatic heterocycles. The number of nitrogens with one attached hydrogen (secondary N) is 3. The first-order valence-electron chi connectivity index (χ1n) is 9.30. The van der Waals surface area contributed by atoms with Crippen molar-refractivity contribution in [1.29, 1.82) is 0 Å². The van der Waals surface area contributed by atoms with E-state index in [4.69, 9.17) is 9.47 Å². The molecule has 2 aromatic rings. The summed E-state index contributed by atoms with van der Waals surface area (Å²) >= 11 is 0. The average Bonchev–Trinajstić information content (AvgIpc) is 3.27. The topological polar surface area (TPSA) is 91.9 Å². The predicted octanol–water partition coefficient (Wildman–Crippen LogP) is 1.37. The number of amides is 1. The zero-order chi connectivity index (χ0) is 19.9. The van der Waals surface area contributed by atoms with Gasteiger partial charge in [-0.3, -0.25) is 15.6 Å². The van der Waals surface area contributed by atoms with Gasteiger partial charge in [0.2, 0.25) is 0 Å². The van der Waals surface area contributed by atoms with E-state index in [9.17, 15) is 9.90 Å². The van der Waals surface area contributed by atoms with E-state index in [1.807, 2.05) is 36.4 Å². The van der Waals surface area contributed by atoms with Crippen molar-refractivity contribution < 1.29 is 19.4 Å². The van der Waals surface area contributed by atoms with E-state index in [0.717, 1.165) is 24.2 Å². The minimum atomic E-state index is -0.873. The van der Waals surface area contributed by atoms with Gasteiger partial charge in [-0.1, -0.05) is 36.4 Å². The molecule has 2 atom stereocenters. The number of hydrazine groups is 1. The zero-order valence-electron chi connectivity index (χ0n) is 16.1. The lowest BCUT2D eigenvalue weighted by molar-refractivity contribution is 0.0594. The lowest BCUT2D eigenvalue weighted by Gasteiger charge is -2.24. The highest BCUT2D eigenvalue weighted by atomic mass is 16.5. The Morgan fingerprint density at radius 2 is 1.89 bits per heavy atom. The molecule has 0 unspecified atom stereocenters. The standard InChI is InChI=1S/C21H27N3O4/c1-27-13-18(20(25)14-6-4-3-5-7-14)24-21(26)15-8-9-17(19(10-15)28-2)16-11-22-23-12-16/h3-10,16,18,20,22-23,25H,11-13H2,1-2H3,(H,24,26)/t18-,20-/m0/s1. The van der Waals surface area contributed by atoms with Gasteiger partial charge < -0.3 is 19.9 Å². The number of aliphatic hydroxyl groups is 1. The molecule has 0 radical (unpaired) electrons. The van der Waals surface area contributed by atoms with Crippen molar-refractivity contribution in [2.75, 3.05) is 33.9 Å². The van der Waals surface area contributed by atoms with Crippen molar-refractivity contribution in [1.82, 2.24) is 16.2 Å². The highest BCUT2D eigenvalue weighted by Gasteiger charge is 2.25. The van der Waals surface area contributed by atoms with Gasteiger partial charge in [-0.2, -0.15) is 0 Å². The van der Waals surface area contributed by atoms with Crippen LogP contribution in [0.4, 0.5) is 0 Å². The zero-order valence-corrected chi connectivity index (χ0v) is 16.1. The largest absolute Gasteiger partial charge is 0.496 e. The molecular formula is C21H27N3O4. The molecule has 1 aliphatic rings. The Morgan fingerprint density at radius 3 is 2.54 bits per heavy atom. The van der Waals surface area contributed by atoms with Crippen molar-refractivity contribution in [2.45, 2.75) is 18.1 Å². The fraction of sp³-hybridized carbons (Fsp3) is 0.381. The summed E-state index contributed by atoms with van der Waals surface area (Å²) in [6.45, 7) is 1.80. The summed E-state index contributed by atoms with van der Waals surface area (Å²) in [6, 6.07) is 14.1. The molecular weight excluding hydrogens is 358 g/mol. The maximum absolute atomic E-state index is 12.8. The van der Waals surface area contributed by atoms with E-state index < -0.39 is 12.1 Å². The Labute approximate surface area is 165 Å². The summed E-state index contributed by atoms with van der Waals surface area (Å²) in [6.07, 6.45) is -0.873. The molecule has 0 bridgehead atoms. The van der Waals surface area contributed by atoms with Crippen LogP contribution >= 0.6 is 0 Å². The fourth-order valence-corrected chi connectivity index (χ4v) is 3.40. The van der Waals surface area contributed by atoms with Gasteiger partial charge in [0, 0.05) is 31.7 Å². The Kier molecular flexibility index (Phi) is 7.00. The monoisotopic (exact) mass is 385 g/mol. The summed E-state index contributed by atoms with van der Waals surface area (Å²) < 4.78 is 10.7. The summed E-state index contributed by atoms with van der Waals surface area (Å²) in [5.41, 5.74) is 8.45. The minimum absolute atomic E-state index is 0.191. The first kappa shape index (κ1) is 20.3. The summed E-state index contributed by atoms with van der Waals surface area (Å²) in [5.74, 6) is 0.674. The maximum atomic E-state index is 12.8. The van der Waals surface area contributed by atoms with Crippen LogP contribution in [0.2, 0.25) is 0 Å². The first-order chi connectivity index (χ1) is 13.6. The molecule has 150 valence electrons. The minimum Gasteiger partial charge on any atom is -0.496 e. The average molecular weight is 385 g/mol. The third-order valence-electron chi connectivity index (χ3n) is 4.94. The molecule has 0 saturated carbocycles. The number of hydrogen-bond acceptors (Lipinski definition) is 6. The Bertz CT molecular complexity index is 778. The van der Waals surface area contributed by atoms with Gasteiger partial charge in [0.25, 0.3) is 5.91 Å². The number of carbonyl (C=O) groups excluding carboxylic acids is 1. The molecule has 7 heteroatoms. The molecule has 1 fully saturated rings. The van der Waals surface area contributed by atoms with Crippen LogP contribution in [0, 0.1) is 0 Å². The molecule has 1 saturated heterocycles. The molecule has 1 heterocycles. The fourth-order valence-electron chi connectivity index (χ4n) is 3.40. The SMILES string of the molecule is COC[C@H](NC(=O)c1ccc(C2CNNC2)c(OC)c1)[C@@H](O)c1ccccc1. The van der Waals surface area contributed by atoms with Crippen molar-refractivity contribution in [3.63, 3.8) is 0 Å². The maximum Gasteiger partial charge on any atom is 0.251 e. The molecule has 3 rings (SSSR count). The molecule has 7 nitrogen and oxygen atoms in total. The lowest BCUT2D eigenvalue weighted by Crippen LogP contribution is -2.42. The van der Waals surface area contributed by atoms with E-state index in [2.05, 4.69) is 16.2 Å². The van der Waals surface area contributed by atoms with Gasteiger partial charge in [-0.05, 0) is 23.3 Å². The first-order valence-corrected chi connectivity index (χ1v) is 9.30.